The summed E-state index contributed by atoms with van der Waals surface area (Å²) in [4.78, 5) is 23.0. The molecule has 2 N–H and O–H groups in total. The number of carbonyl (C=O) groups is 2. The van der Waals surface area contributed by atoms with Crippen molar-refractivity contribution in [3.8, 4) is 11.5 Å². The maximum absolute atomic E-state index is 11.6. The first-order chi connectivity index (χ1) is 16.0. The summed E-state index contributed by atoms with van der Waals surface area (Å²) in [5, 5.41) is 6.33. The molecule has 1 fully saturated rings. The number of morpholine rings is 1. The van der Waals surface area contributed by atoms with Gasteiger partial charge in [0.1, 0.15) is 18.1 Å². The lowest BCUT2D eigenvalue weighted by atomic mass is 9.96. The van der Waals surface area contributed by atoms with Crippen LogP contribution in [-0.4, -0.2) is 31.1 Å². The fourth-order valence-electron chi connectivity index (χ4n) is 4.21. The molecule has 1 saturated heterocycles. The van der Waals surface area contributed by atoms with E-state index < -0.39 is 0 Å². The van der Waals surface area contributed by atoms with Crippen LogP contribution in [0.25, 0.3) is 6.08 Å². The Kier molecular flexibility index (Phi) is 6.03. The average Bonchev–Trinajstić information content (AvgIpc) is 3.16. The molecule has 2 heterocycles. The minimum atomic E-state index is -0.0769. The van der Waals surface area contributed by atoms with Crippen LogP contribution < -0.4 is 15.4 Å². The first-order valence-electron chi connectivity index (χ1n) is 10.9. The fourth-order valence-corrected chi connectivity index (χ4v) is 4.44. The third-order valence-corrected chi connectivity index (χ3v) is 6.06. The highest BCUT2D eigenvalue weighted by Gasteiger charge is 2.22. The molecule has 2 amide bonds. The molecule has 0 bridgehead atoms. The average molecular weight is 463 g/mol. The van der Waals surface area contributed by atoms with E-state index in [-0.39, 0.29) is 24.5 Å². The van der Waals surface area contributed by atoms with Crippen LogP contribution in [0.5, 0.6) is 11.5 Å². The Bertz CT molecular complexity index is 1200. The lowest BCUT2D eigenvalue weighted by Gasteiger charge is -2.23. The van der Waals surface area contributed by atoms with E-state index in [1.165, 1.54) is 0 Å². The Labute approximate surface area is 196 Å². The number of hydrogen-bond acceptors (Lipinski definition) is 4. The summed E-state index contributed by atoms with van der Waals surface area (Å²) in [6.45, 7) is 0.653. The molecule has 5 rings (SSSR count). The van der Waals surface area contributed by atoms with Gasteiger partial charge in [-0.3, -0.25) is 9.59 Å². The first-order valence-corrected chi connectivity index (χ1v) is 11.2. The van der Waals surface area contributed by atoms with Gasteiger partial charge >= 0.3 is 0 Å². The van der Waals surface area contributed by atoms with Crippen molar-refractivity contribution in [3.05, 3.63) is 87.6 Å². The molecule has 3 aliphatic rings. The normalized spacial score (nSPS) is 21.1. The Morgan fingerprint density at radius 3 is 2.70 bits per heavy atom. The smallest absolute Gasteiger partial charge is 0.246 e. The van der Waals surface area contributed by atoms with Crippen LogP contribution in [0, 0.1) is 0 Å². The van der Waals surface area contributed by atoms with Crippen molar-refractivity contribution >= 4 is 29.5 Å². The topological polar surface area (TPSA) is 76.7 Å². The lowest BCUT2D eigenvalue weighted by Crippen LogP contribution is -2.46. The molecule has 0 saturated carbocycles. The molecule has 1 atom stereocenters. The minimum Gasteiger partial charge on any atom is -0.456 e. The van der Waals surface area contributed by atoms with Crippen molar-refractivity contribution in [2.24, 2.45) is 0 Å². The molecule has 0 spiro atoms. The zero-order chi connectivity index (χ0) is 22.8. The molecule has 6 nitrogen and oxygen atoms in total. The summed E-state index contributed by atoms with van der Waals surface area (Å²) in [5.74, 6) is 1.24. The third kappa shape index (κ3) is 5.18. The zero-order valence-corrected chi connectivity index (χ0v) is 18.7. The summed E-state index contributed by atoms with van der Waals surface area (Å²) in [6.07, 6.45) is 7.97. The van der Waals surface area contributed by atoms with Crippen molar-refractivity contribution in [1.29, 1.82) is 0 Å². The van der Waals surface area contributed by atoms with E-state index in [1.807, 2.05) is 54.6 Å². The molecule has 1 unspecified atom stereocenters. The number of nitrogens with one attached hydrogen (secondary N) is 2. The summed E-state index contributed by atoms with van der Waals surface area (Å²) in [7, 11) is 0. The van der Waals surface area contributed by atoms with Gasteiger partial charge in [-0.05, 0) is 65.5 Å². The van der Waals surface area contributed by atoms with Crippen LogP contribution in [0.15, 0.2) is 71.5 Å². The van der Waals surface area contributed by atoms with Gasteiger partial charge in [0.25, 0.3) is 0 Å². The summed E-state index contributed by atoms with van der Waals surface area (Å²) >= 11 is 6.49. The van der Waals surface area contributed by atoms with Crippen molar-refractivity contribution < 1.29 is 19.1 Å². The Morgan fingerprint density at radius 1 is 1.06 bits per heavy atom. The third-order valence-electron chi connectivity index (χ3n) is 5.77. The van der Waals surface area contributed by atoms with Gasteiger partial charge in [0.05, 0.1) is 24.1 Å². The number of allylic oxidation sites excluding steroid dienone is 3. The van der Waals surface area contributed by atoms with Crippen LogP contribution in [0.1, 0.15) is 24.0 Å². The molecule has 2 aliphatic heterocycles. The van der Waals surface area contributed by atoms with E-state index in [2.05, 4.69) is 16.7 Å². The van der Waals surface area contributed by atoms with Gasteiger partial charge in [-0.25, -0.2) is 0 Å². The van der Waals surface area contributed by atoms with Crippen LogP contribution >= 0.6 is 11.6 Å². The van der Waals surface area contributed by atoms with E-state index in [0.29, 0.717) is 36.0 Å². The second kappa shape index (κ2) is 9.25. The number of amides is 2. The van der Waals surface area contributed by atoms with E-state index in [0.717, 1.165) is 34.4 Å². The summed E-state index contributed by atoms with van der Waals surface area (Å²) in [6, 6.07) is 13.4. The van der Waals surface area contributed by atoms with Gasteiger partial charge in [-0.1, -0.05) is 42.0 Å². The van der Waals surface area contributed by atoms with Crippen molar-refractivity contribution in [3.63, 3.8) is 0 Å². The van der Waals surface area contributed by atoms with Gasteiger partial charge in [-0.2, -0.15) is 0 Å². The molecule has 0 aromatic heterocycles. The second-order valence-corrected chi connectivity index (χ2v) is 8.80. The Morgan fingerprint density at radius 2 is 1.91 bits per heavy atom. The molecular weight excluding hydrogens is 440 g/mol. The largest absolute Gasteiger partial charge is 0.456 e. The van der Waals surface area contributed by atoms with Crippen LogP contribution in [0.2, 0.25) is 5.02 Å². The first kappa shape index (κ1) is 21.5. The highest BCUT2D eigenvalue weighted by atomic mass is 35.5. The molecule has 168 valence electrons. The number of carbonyl (C=O) groups excluding carboxylic acids is 2. The maximum Gasteiger partial charge on any atom is 0.246 e. The highest BCUT2D eigenvalue weighted by molar-refractivity contribution is 6.32. The highest BCUT2D eigenvalue weighted by Crippen LogP contribution is 2.33. The maximum atomic E-state index is 11.6. The second-order valence-electron chi connectivity index (χ2n) is 8.39. The van der Waals surface area contributed by atoms with Crippen molar-refractivity contribution in [2.75, 3.05) is 13.2 Å². The number of hydrogen-bond donors (Lipinski definition) is 2. The number of rotatable bonds is 5. The summed E-state index contributed by atoms with van der Waals surface area (Å²) < 4.78 is 11.3. The molecule has 1 aliphatic carbocycles. The molecule has 7 heteroatoms. The number of benzene rings is 2. The van der Waals surface area contributed by atoms with Gasteiger partial charge in [-0.15, -0.1) is 0 Å². The van der Waals surface area contributed by atoms with E-state index in [1.54, 1.807) is 0 Å². The van der Waals surface area contributed by atoms with Gasteiger partial charge in [0.15, 0.2) is 0 Å². The molecule has 33 heavy (non-hydrogen) atoms. The molecule has 2 aromatic rings. The van der Waals surface area contributed by atoms with Crippen molar-refractivity contribution in [1.82, 2.24) is 10.6 Å². The standard InChI is InChI=1S/C26H23ClN2O4/c27-22-12-18(9-17-3-7-23-19(10-17)13-25(30)29-23)4-8-24(22)33-21-5-1-16(2-6-21)11-20-14-32-15-26(31)28-20/h1-9,12,20H,10-11,13-15H2,(H,28,31)(H,29,30). The monoisotopic (exact) mass is 462 g/mol. The van der Waals surface area contributed by atoms with E-state index >= 15 is 0 Å². The predicted octanol–water partition coefficient (Wildman–Crippen LogP) is 4.31. The van der Waals surface area contributed by atoms with Crippen LogP contribution in [0.3, 0.4) is 0 Å². The number of ether oxygens (including phenoxy) is 2. The molecule has 0 radical (unpaired) electrons. The van der Waals surface area contributed by atoms with Crippen molar-refractivity contribution in [2.45, 2.75) is 25.3 Å². The number of halogens is 1. The molecule has 2 aromatic carbocycles. The predicted molar refractivity (Wildman–Crippen MR) is 126 cm³/mol. The lowest BCUT2D eigenvalue weighted by molar-refractivity contribution is -0.131. The van der Waals surface area contributed by atoms with Gasteiger partial charge < -0.3 is 20.1 Å². The minimum absolute atomic E-state index is 0.0126. The Balaban J connectivity index is 1.22. The van der Waals surface area contributed by atoms with E-state index in [9.17, 15) is 9.59 Å². The Hall–Kier alpha value is -3.35. The van der Waals surface area contributed by atoms with Crippen LogP contribution in [-0.2, 0) is 20.7 Å². The van der Waals surface area contributed by atoms with Gasteiger partial charge in [0, 0.05) is 5.70 Å². The zero-order valence-electron chi connectivity index (χ0n) is 17.9. The fraction of sp³-hybridized carbons (Fsp3) is 0.231. The quantitative estimate of drug-likeness (QED) is 0.694. The molecular formula is C26H23ClN2O4. The van der Waals surface area contributed by atoms with Crippen LogP contribution in [0.4, 0.5) is 0 Å². The summed E-state index contributed by atoms with van der Waals surface area (Å²) in [5.41, 5.74) is 5.25. The SMILES string of the molecule is O=C1CC2=C(C=CC(=Cc3ccc(Oc4ccc(CC5COCC(=O)N5)cc4)c(Cl)c3)C2)N1. The van der Waals surface area contributed by atoms with E-state index in [4.69, 9.17) is 21.1 Å². The van der Waals surface area contributed by atoms with Gasteiger partial charge in [0.2, 0.25) is 11.8 Å².